The minimum absolute atomic E-state index is 0.109. The zero-order valence-electron chi connectivity index (χ0n) is 10.6. The van der Waals surface area contributed by atoms with Crippen molar-refractivity contribution in [3.8, 4) is 0 Å². The van der Waals surface area contributed by atoms with Crippen molar-refractivity contribution in [2.75, 3.05) is 29.9 Å². The van der Waals surface area contributed by atoms with Crippen molar-refractivity contribution in [3.63, 3.8) is 0 Å². The maximum atomic E-state index is 11.4. The molecule has 2 saturated heterocycles. The van der Waals surface area contributed by atoms with Crippen LogP contribution in [0.3, 0.4) is 0 Å². The first-order chi connectivity index (χ1) is 9.12. The summed E-state index contributed by atoms with van der Waals surface area (Å²) in [5, 5.41) is 14.3. The summed E-state index contributed by atoms with van der Waals surface area (Å²) >= 11 is 0. The van der Waals surface area contributed by atoms with Crippen LogP contribution in [0.25, 0.3) is 0 Å². The van der Waals surface area contributed by atoms with Gasteiger partial charge in [-0.25, -0.2) is 8.42 Å². The number of hydrogen-bond donors (Lipinski definition) is 2. The van der Waals surface area contributed by atoms with Gasteiger partial charge in [0.15, 0.2) is 9.84 Å². The smallest absolute Gasteiger partial charge is 0.315 e. The van der Waals surface area contributed by atoms with Gasteiger partial charge in [-0.15, -0.1) is 5.10 Å². The number of nitrogens with one attached hydrogen (secondary N) is 2. The van der Waals surface area contributed by atoms with E-state index < -0.39 is 9.84 Å². The Labute approximate surface area is 112 Å². The molecule has 0 aliphatic carbocycles. The third-order valence-corrected chi connectivity index (χ3v) is 5.41. The molecule has 2 atom stereocenters. The summed E-state index contributed by atoms with van der Waals surface area (Å²) in [7, 11) is -2.89. The van der Waals surface area contributed by atoms with E-state index in [0.29, 0.717) is 18.3 Å². The van der Waals surface area contributed by atoms with Gasteiger partial charge in [-0.1, -0.05) is 5.10 Å². The monoisotopic (exact) mass is 286 g/mol. The highest BCUT2D eigenvalue weighted by Crippen LogP contribution is 2.24. The average Bonchev–Trinajstić information content (AvgIpc) is 2.98. The maximum absolute atomic E-state index is 11.4. The van der Waals surface area contributed by atoms with Gasteiger partial charge in [0.2, 0.25) is 5.89 Å². The van der Waals surface area contributed by atoms with Crippen molar-refractivity contribution in [2.24, 2.45) is 0 Å². The standard InChI is InChI=1S/C11H18N4O3S/c16-19(17)5-3-9(7-19)13-11-15-14-10(18-11)8-2-1-4-12-6-8/h8-9,12H,1-7H2,(H,13,15). The van der Waals surface area contributed by atoms with Crippen LogP contribution in [0.4, 0.5) is 6.01 Å². The Morgan fingerprint density at radius 1 is 1.32 bits per heavy atom. The molecule has 2 fully saturated rings. The van der Waals surface area contributed by atoms with E-state index in [1.165, 1.54) is 0 Å². The average molecular weight is 286 g/mol. The van der Waals surface area contributed by atoms with Gasteiger partial charge < -0.3 is 15.1 Å². The lowest BCUT2D eigenvalue weighted by Gasteiger charge is -2.19. The molecule has 1 aromatic rings. The van der Waals surface area contributed by atoms with Crippen LogP contribution < -0.4 is 10.6 Å². The third-order valence-electron chi connectivity index (χ3n) is 3.65. The van der Waals surface area contributed by atoms with Crippen LogP contribution in [0, 0.1) is 0 Å². The Hall–Kier alpha value is -1.15. The van der Waals surface area contributed by atoms with Crippen molar-refractivity contribution < 1.29 is 12.8 Å². The molecule has 1 aromatic heterocycles. The zero-order chi connectivity index (χ0) is 13.3. The summed E-state index contributed by atoms with van der Waals surface area (Å²) in [4.78, 5) is 0. The zero-order valence-corrected chi connectivity index (χ0v) is 11.4. The molecule has 0 amide bonds. The quantitative estimate of drug-likeness (QED) is 0.815. The first kappa shape index (κ1) is 12.9. The fourth-order valence-electron chi connectivity index (χ4n) is 2.60. The molecule has 3 heterocycles. The Balaban J connectivity index is 1.62. The molecule has 2 aliphatic heterocycles. The van der Waals surface area contributed by atoms with Gasteiger partial charge in [-0.05, 0) is 25.8 Å². The highest BCUT2D eigenvalue weighted by atomic mass is 32.2. The second kappa shape index (κ2) is 5.09. The number of rotatable bonds is 3. The van der Waals surface area contributed by atoms with Gasteiger partial charge in [0, 0.05) is 18.5 Å². The lowest BCUT2D eigenvalue weighted by Crippen LogP contribution is -2.28. The topological polar surface area (TPSA) is 97.1 Å². The van der Waals surface area contributed by atoms with Crippen LogP contribution in [0.2, 0.25) is 0 Å². The van der Waals surface area contributed by atoms with Crippen LogP contribution in [-0.4, -0.2) is 49.3 Å². The second-order valence-electron chi connectivity index (χ2n) is 5.23. The van der Waals surface area contributed by atoms with Gasteiger partial charge in [-0.2, -0.15) is 0 Å². The fourth-order valence-corrected chi connectivity index (χ4v) is 4.28. The molecule has 0 aromatic carbocycles. The van der Waals surface area contributed by atoms with E-state index in [2.05, 4.69) is 20.8 Å². The van der Waals surface area contributed by atoms with Crippen LogP contribution in [0.5, 0.6) is 0 Å². The van der Waals surface area contributed by atoms with Gasteiger partial charge >= 0.3 is 6.01 Å². The molecule has 0 saturated carbocycles. The minimum Gasteiger partial charge on any atom is -0.408 e. The van der Waals surface area contributed by atoms with E-state index >= 15 is 0 Å². The van der Waals surface area contributed by atoms with Crippen molar-refractivity contribution in [1.29, 1.82) is 0 Å². The van der Waals surface area contributed by atoms with E-state index in [4.69, 9.17) is 4.42 Å². The van der Waals surface area contributed by atoms with E-state index in [-0.39, 0.29) is 23.5 Å². The largest absolute Gasteiger partial charge is 0.408 e. The number of sulfone groups is 1. The Morgan fingerprint density at radius 2 is 2.21 bits per heavy atom. The number of piperidine rings is 1. The van der Waals surface area contributed by atoms with Crippen LogP contribution in [0.15, 0.2) is 4.42 Å². The molecule has 3 rings (SSSR count). The molecular formula is C11H18N4O3S. The second-order valence-corrected chi connectivity index (χ2v) is 7.46. The van der Waals surface area contributed by atoms with Gasteiger partial charge in [0.25, 0.3) is 0 Å². The predicted molar refractivity (Wildman–Crippen MR) is 69.8 cm³/mol. The lowest BCUT2D eigenvalue weighted by atomic mass is 10.00. The van der Waals surface area contributed by atoms with Gasteiger partial charge in [-0.3, -0.25) is 0 Å². The molecule has 2 unspecified atom stereocenters. The summed E-state index contributed by atoms with van der Waals surface area (Å²) in [5.41, 5.74) is 0. The Kier molecular flexibility index (Phi) is 3.44. The van der Waals surface area contributed by atoms with Crippen LogP contribution >= 0.6 is 0 Å². The predicted octanol–water partition coefficient (Wildman–Crippen LogP) is 0.136. The highest BCUT2D eigenvalue weighted by molar-refractivity contribution is 7.91. The first-order valence-electron chi connectivity index (χ1n) is 6.63. The van der Waals surface area contributed by atoms with Crippen molar-refractivity contribution >= 4 is 15.9 Å². The molecular weight excluding hydrogens is 268 g/mol. The van der Waals surface area contributed by atoms with E-state index in [9.17, 15) is 8.42 Å². The first-order valence-corrected chi connectivity index (χ1v) is 8.45. The minimum atomic E-state index is -2.89. The van der Waals surface area contributed by atoms with Crippen molar-refractivity contribution in [1.82, 2.24) is 15.5 Å². The molecule has 19 heavy (non-hydrogen) atoms. The van der Waals surface area contributed by atoms with E-state index in [0.717, 1.165) is 25.9 Å². The van der Waals surface area contributed by atoms with Crippen LogP contribution in [0.1, 0.15) is 31.1 Å². The molecule has 0 bridgehead atoms. The van der Waals surface area contributed by atoms with Crippen LogP contribution in [-0.2, 0) is 9.84 Å². The Bertz CT molecular complexity index is 536. The molecule has 8 heteroatoms. The lowest BCUT2D eigenvalue weighted by molar-refractivity contribution is 0.380. The summed E-state index contributed by atoms with van der Waals surface area (Å²) in [5.74, 6) is 1.29. The number of nitrogens with zero attached hydrogens (tertiary/aromatic N) is 2. The molecule has 106 valence electrons. The SMILES string of the molecule is O=S1(=O)CCC(Nc2nnc(C3CCCNC3)o2)C1. The summed E-state index contributed by atoms with van der Waals surface area (Å²) in [6.45, 7) is 1.90. The Morgan fingerprint density at radius 3 is 2.89 bits per heavy atom. The van der Waals surface area contributed by atoms with E-state index in [1.54, 1.807) is 0 Å². The summed E-state index contributed by atoms with van der Waals surface area (Å²) < 4.78 is 28.3. The number of anilines is 1. The normalized spacial score (nSPS) is 30.3. The molecule has 0 radical (unpaired) electrons. The molecule has 0 spiro atoms. The molecule has 2 aliphatic rings. The fraction of sp³-hybridized carbons (Fsp3) is 0.818. The summed E-state index contributed by atoms with van der Waals surface area (Å²) in [6, 6.07) is 0.227. The number of aromatic nitrogens is 2. The van der Waals surface area contributed by atoms with Crippen molar-refractivity contribution in [3.05, 3.63) is 5.89 Å². The van der Waals surface area contributed by atoms with Gasteiger partial charge in [0.1, 0.15) is 0 Å². The molecule has 7 nitrogen and oxygen atoms in total. The van der Waals surface area contributed by atoms with Gasteiger partial charge in [0.05, 0.1) is 11.5 Å². The van der Waals surface area contributed by atoms with Crippen molar-refractivity contribution in [2.45, 2.75) is 31.2 Å². The maximum Gasteiger partial charge on any atom is 0.315 e. The number of hydrogen-bond acceptors (Lipinski definition) is 7. The third kappa shape index (κ3) is 3.06. The summed E-state index contributed by atoms with van der Waals surface area (Å²) in [6.07, 6.45) is 2.76. The van der Waals surface area contributed by atoms with E-state index in [1.807, 2.05) is 0 Å². The molecule has 2 N–H and O–H groups in total. The highest BCUT2D eigenvalue weighted by Gasteiger charge is 2.29.